The molecule has 0 aliphatic carbocycles. The van der Waals surface area contributed by atoms with Gasteiger partial charge in [0.05, 0.1) is 14.2 Å². The highest BCUT2D eigenvalue weighted by Crippen LogP contribution is 2.33. The number of rotatable bonds is 12. The number of hydrogen-bond acceptors (Lipinski definition) is 5. The Morgan fingerprint density at radius 2 is 1.57 bits per heavy atom. The van der Waals surface area contributed by atoms with E-state index in [4.69, 9.17) is 9.47 Å². The Hall–Kier alpha value is -1.65. The molecule has 0 radical (unpaired) electrons. The maximum absolute atomic E-state index is 12.1. The number of allylic oxidation sites excluding steroid dienone is 2. The van der Waals surface area contributed by atoms with Gasteiger partial charge < -0.3 is 9.47 Å². The number of unbranched alkanes of at least 4 members (excludes halogenated alkanes) is 2. The SMILES string of the molecule is CCCCCC(/C=C/C=O)C(CCC)C(C(=O)OC)C(=O)OC. The van der Waals surface area contributed by atoms with Crippen molar-refractivity contribution in [3.05, 3.63) is 12.2 Å². The molecule has 0 aliphatic rings. The van der Waals surface area contributed by atoms with Gasteiger partial charge in [0, 0.05) is 0 Å². The van der Waals surface area contributed by atoms with Gasteiger partial charge in [-0.2, -0.15) is 0 Å². The first-order valence-electron chi connectivity index (χ1n) is 8.34. The van der Waals surface area contributed by atoms with Crippen molar-refractivity contribution in [1.82, 2.24) is 0 Å². The van der Waals surface area contributed by atoms with Gasteiger partial charge in [-0.25, -0.2) is 0 Å². The van der Waals surface area contributed by atoms with Gasteiger partial charge in [0.15, 0.2) is 5.92 Å². The van der Waals surface area contributed by atoms with Gasteiger partial charge in [0.25, 0.3) is 0 Å². The first-order valence-corrected chi connectivity index (χ1v) is 8.34. The predicted molar refractivity (Wildman–Crippen MR) is 88.8 cm³/mol. The van der Waals surface area contributed by atoms with Crippen molar-refractivity contribution in [3.63, 3.8) is 0 Å². The molecule has 23 heavy (non-hydrogen) atoms. The lowest BCUT2D eigenvalue weighted by molar-refractivity contribution is -0.162. The van der Waals surface area contributed by atoms with E-state index >= 15 is 0 Å². The maximum atomic E-state index is 12.1. The van der Waals surface area contributed by atoms with E-state index in [1.54, 1.807) is 0 Å². The summed E-state index contributed by atoms with van der Waals surface area (Å²) in [6.45, 7) is 4.12. The third kappa shape index (κ3) is 7.44. The Balaban J connectivity index is 5.48. The summed E-state index contributed by atoms with van der Waals surface area (Å²) in [6, 6.07) is 0. The zero-order chi connectivity index (χ0) is 17.7. The van der Waals surface area contributed by atoms with E-state index in [0.717, 1.165) is 38.4 Å². The maximum Gasteiger partial charge on any atom is 0.320 e. The Kier molecular flexibility index (Phi) is 11.9. The fraction of sp³-hybridized carbons (Fsp3) is 0.722. The lowest BCUT2D eigenvalue weighted by atomic mass is 9.76. The van der Waals surface area contributed by atoms with Crippen molar-refractivity contribution in [2.24, 2.45) is 17.8 Å². The quantitative estimate of drug-likeness (QED) is 0.181. The molecule has 0 heterocycles. The Labute approximate surface area is 139 Å². The minimum absolute atomic E-state index is 0.0325. The second kappa shape index (κ2) is 12.9. The van der Waals surface area contributed by atoms with Crippen molar-refractivity contribution in [1.29, 1.82) is 0 Å². The number of carbonyl (C=O) groups is 3. The highest BCUT2D eigenvalue weighted by molar-refractivity contribution is 5.95. The molecule has 5 heteroatoms. The largest absolute Gasteiger partial charge is 0.468 e. The van der Waals surface area contributed by atoms with Gasteiger partial charge >= 0.3 is 11.9 Å². The molecule has 5 nitrogen and oxygen atoms in total. The van der Waals surface area contributed by atoms with Crippen LogP contribution < -0.4 is 0 Å². The molecule has 0 bridgehead atoms. The Morgan fingerprint density at radius 3 is 2.00 bits per heavy atom. The molecule has 0 rings (SSSR count). The molecule has 132 valence electrons. The molecule has 0 aromatic rings. The average molecular weight is 326 g/mol. The standard InChI is InChI=1S/C18H30O5/c1-5-7-8-11-14(12-9-13-19)15(10-6-2)16(17(20)22-3)18(21)23-4/h9,12-16H,5-8,10-11H2,1-4H3/b12-9+. The summed E-state index contributed by atoms with van der Waals surface area (Å²) < 4.78 is 9.62. The zero-order valence-corrected chi connectivity index (χ0v) is 14.7. The molecule has 0 aromatic carbocycles. The minimum Gasteiger partial charge on any atom is -0.468 e. The fourth-order valence-electron chi connectivity index (χ4n) is 2.93. The molecular formula is C18H30O5. The van der Waals surface area contributed by atoms with Gasteiger partial charge in [0.2, 0.25) is 0 Å². The minimum atomic E-state index is -0.951. The first kappa shape index (κ1) is 21.4. The molecular weight excluding hydrogens is 296 g/mol. The van der Waals surface area contributed by atoms with E-state index in [-0.39, 0.29) is 11.8 Å². The molecule has 2 unspecified atom stereocenters. The first-order chi connectivity index (χ1) is 11.1. The second-order valence-electron chi connectivity index (χ2n) is 5.66. The monoisotopic (exact) mass is 326 g/mol. The van der Waals surface area contributed by atoms with E-state index in [0.29, 0.717) is 6.42 Å². The van der Waals surface area contributed by atoms with E-state index in [2.05, 4.69) is 6.92 Å². The Morgan fingerprint density at radius 1 is 0.957 bits per heavy atom. The third-order valence-electron chi connectivity index (χ3n) is 4.09. The van der Waals surface area contributed by atoms with Crippen LogP contribution >= 0.6 is 0 Å². The van der Waals surface area contributed by atoms with Crippen molar-refractivity contribution in [3.8, 4) is 0 Å². The number of hydrogen-bond donors (Lipinski definition) is 0. The van der Waals surface area contributed by atoms with Crippen LogP contribution in [0.25, 0.3) is 0 Å². The summed E-state index contributed by atoms with van der Waals surface area (Å²) in [5, 5.41) is 0. The number of esters is 2. The molecule has 2 atom stereocenters. The fourth-order valence-corrected chi connectivity index (χ4v) is 2.93. The average Bonchev–Trinajstić information content (AvgIpc) is 2.57. The van der Waals surface area contributed by atoms with Crippen molar-refractivity contribution >= 4 is 18.2 Å². The van der Waals surface area contributed by atoms with E-state index in [9.17, 15) is 14.4 Å². The smallest absolute Gasteiger partial charge is 0.320 e. The van der Waals surface area contributed by atoms with Gasteiger partial charge in [-0.3, -0.25) is 14.4 Å². The lowest BCUT2D eigenvalue weighted by Gasteiger charge is -2.29. The summed E-state index contributed by atoms with van der Waals surface area (Å²) in [6.07, 6.45) is 9.47. The number of carbonyl (C=O) groups excluding carboxylic acids is 3. The van der Waals surface area contributed by atoms with Crippen LogP contribution in [0.1, 0.15) is 52.4 Å². The van der Waals surface area contributed by atoms with Crippen LogP contribution in [0.5, 0.6) is 0 Å². The number of methoxy groups -OCH3 is 2. The van der Waals surface area contributed by atoms with Crippen LogP contribution in [0.4, 0.5) is 0 Å². The van der Waals surface area contributed by atoms with Crippen LogP contribution in [-0.2, 0) is 23.9 Å². The summed E-state index contributed by atoms with van der Waals surface area (Å²) in [4.78, 5) is 34.9. The third-order valence-corrected chi connectivity index (χ3v) is 4.09. The summed E-state index contributed by atoms with van der Waals surface area (Å²) in [5.41, 5.74) is 0. The normalized spacial score (nSPS) is 13.8. The molecule has 0 aromatic heterocycles. The molecule has 0 saturated heterocycles. The summed E-state index contributed by atoms with van der Waals surface area (Å²) in [7, 11) is 2.54. The molecule has 0 N–H and O–H groups in total. The molecule has 0 fully saturated rings. The topological polar surface area (TPSA) is 69.7 Å². The van der Waals surface area contributed by atoms with Crippen molar-refractivity contribution in [2.75, 3.05) is 14.2 Å². The van der Waals surface area contributed by atoms with Crippen LogP contribution in [0.3, 0.4) is 0 Å². The second-order valence-corrected chi connectivity index (χ2v) is 5.66. The highest BCUT2D eigenvalue weighted by Gasteiger charge is 2.39. The highest BCUT2D eigenvalue weighted by atomic mass is 16.5. The Bertz CT molecular complexity index is 373. The molecule has 0 amide bonds. The van der Waals surface area contributed by atoms with Crippen LogP contribution in [0, 0.1) is 17.8 Å². The van der Waals surface area contributed by atoms with Crippen molar-refractivity contribution in [2.45, 2.75) is 52.4 Å². The summed E-state index contributed by atoms with van der Waals surface area (Å²) in [5.74, 6) is -2.36. The van der Waals surface area contributed by atoms with Gasteiger partial charge in [-0.05, 0) is 30.8 Å². The molecule has 0 aliphatic heterocycles. The van der Waals surface area contributed by atoms with Crippen LogP contribution in [-0.4, -0.2) is 32.4 Å². The molecule has 0 saturated carbocycles. The van der Waals surface area contributed by atoms with Crippen molar-refractivity contribution < 1.29 is 23.9 Å². The van der Waals surface area contributed by atoms with E-state index in [1.165, 1.54) is 20.3 Å². The lowest BCUT2D eigenvalue weighted by Crippen LogP contribution is -2.37. The summed E-state index contributed by atoms with van der Waals surface area (Å²) >= 11 is 0. The van der Waals surface area contributed by atoms with E-state index in [1.807, 2.05) is 13.0 Å². The van der Waals surface area contributed by atoms with Crippen LogP contribution in [0.15, 0.2) is 12.2 Å². The molecule has 0 spiro atoms. The van der Waals surface area contributed by atoms with Gasteiger partial charge in [0.1, 0.15) is 6.29 Å². The predicted octanol–water partition coefficient (Wildman–Crippen LogP) is 3.32. The van der Waals surface area contributed by atoms with Gasteiger partial charge in [-0.1, -0.05) is 45.6 Å². The zero-order valence-electron chi connectivity index (χ0n) is 14.7. The number of ether oxygens (including phenoxy) is 2. The van der Waals surface area contributed by atoms with Gasteiger partial charge in [-0.15, -0.1) is 0 Å². The van der Waals surface area contributed by atoms with Crippen LogP contribution in [0.2, 0.25) is 0 Å². The van der Waals surface area contributed by atoms with E-state index < -0.39 is 17.9 Å². The number of aldehydes is 1.